The predicted molar refractivity (Wildman–Crippen MR) is 125 cm³/mol. The molecule has 0 saturated heterocycles. The van der Waals surface area contributed by atoms with Gasteiger partial charge >= 0.3 is 21.1 Å². The van der Waals surface area contributed by atoms with E-state index in [-0.39, 0.29) is 58.4 Å². The minimum Gasteiger partial charge on any atom is -0.853 e. The summed E-state index contributed by atoms with van der Waals surface area (Å²) < 4.78 is 0. The van der Waals surface area contributed by atoms with Crippen molar-refractivity contribution < 1.29 is 36.1 Å². The zero-order valence-corrected chi connectivity index (χ0v) is 20.7. The van der Waals surface area contributed by atoms with E-state index < -0.39 is 0 Å². The van der Waals surface area contributed by atoms with Crippen LogP contribution in [0.3, 0.4) is 0 Å². The molecule has 0 saturated carbocycles. The van der Waals surface area contributed by atoms with Crippen molar-refractivity contribution in [3.8, 4) is 0 Å². The summed E-state index contributed by atoms with van der Waals surface area (Å²) in [5.74, 6) is -0.345. The van der Waals surface area contributed by atoms with Crippen molar-refractivity contribution in [3.05, 3.63) is 84.7 Å². The van der Waals surface area contributed by atoms with Gasteiger partial charge in [0.05, 0.1) is 11.0 Å². The Morgan fingerprint density at radius 1 is 0.818 bits per heavy atom. The van der Waals surface area contributed by atoms with Gasteiger partial charge in [0.2, 0.25) is 0 Å². The summed E-state index contributed by atoms with van der Waals surface area (Å²) in [6.07, 6.45) is 3.60. The molecule has 0 fully saturated rings. The van der Waals surface area contributed by atoms with Crippen molar-refractivity contribution in [3.63, 3.8) is 0 Å². The van der Waals surface area contributed by atoms with Crippen LogP contribution in [0.5, 0.6) is 0 Å². The molecule has 2 heterocycles. The van der Waals surface area contributed by atoms with E-state index in [1.165, 1.54) is 4.90 Å². The zero-order valence-electron chi connectivity index (χ0n) is 17.6. The number of hydrogen-bond donors (Lipinski definition) is 1. The molecule has 2 aromatic carbocycles. The number of fused-ring (bicyclic) bond motifs is 3. The predicted octanol–water partition coefficient (Wildman–Crippen LogP) is 1.50. The first-order valence-electron chi connectivity index (χ1n) is 10.0. The largest absolute Gasteiger partial charge is 2.00 e. The van der Waals surface area contributed by atoms with Crippen molar-refractivity contribution >= 4 is 45.0 Å². The number of nitrogens with one attached hydrogen (secondary N) is 1. The molecule has 0 bridgehead atoms. The van der Waals surface area contributed by atoms with Crippen LogP contribution in [0, 0.1) is 0 Å². The van der Waals surface area contributed by atoms with E-state index in [9.17, 15) is 15.0 Å². The molecule has 1 N–H and O–H groups in total. The Hall–Kier alpha value is -2.77. The molecule has 0 aliphatic carbocycles. The molecular formula is C24H22N4O3PtS. The minimum absolute atomic E-state index is 0. The smallest absolute Gasteiger partial charge is 0.853 e. The van der Waals surface area contributed by atoms with Gasteiger partial charge < -0.3 is 15.1 Å². The Balaban J connectivity index is 0.000000231. The average molecular weight is 642 g/mol. The van der Waals surface area contributed by atoms with E-state index in [1.807, 2.05) is 12.1 Å². The third-order valence-corrected chi connectivity index (χ3v) is 4.97. The van der Waals surface area contributed by atoms with Gasteiger partial charge in [-0.1, -0.05) is 42.5 Å². The summed E-state index contributed by atoms with van der Waals surface area (Å²) in [6, 6.07) is 20.7. The van der Waals surface area contributed by atoms with Crippen LogP contribution in [0.1, 0.15) is 10.4 Å². The van der Waals surface area contributed by atoms with E-state index in [0.717, 1.165) is 21.8 Å². The second kappa shape index (κ2) is 13.7. The molecule has 0 spiro atoms. The van der Waals surface area contributed by atoms with Gasteiger partial charge in [0.15, 0.2) is 5.11 Å². The normalized spacial score (nSPS) is 10.0. The third kappa shape index (κ3) is 7.37. The molecule has 9 heteroatoms. The maximum Gasteiger partial charge on any atom is 2.00 e. The standard InChI is InChI=1S/C12H14N2O3S.C12H8N2.Pt/c15-8-6-14(7-9-16)12(18)13-11(17)10-4-2-1-3-5-10;1-3-9-5-6-10-4-2-8-14-12(10)11(9)13-7-1;/h1-5H,6-9H2,(H,13,17,18);1-8H;/q-2;;+2. The number of carbonyl (C=O) groups is 1. The van der Waals surface area contributed by atoms with Crippen LogP contribution in [-0.2, 0) is 21.1 Å². The fraction of sp³-hybridized carbons (Fsp3) is 0.167. The van der Waals surface area contributed by atoms with E-state index in [2.05, 4.69) is 39.6 Å². The molecule has 2 aromatic heterocycles. The van der Waals surface area contributed by atoms with Crippen LogP contribution < -0.4 is 15.5 Å². The van der Waals surface area contributed by atoms with Crippen LogP contribution in [0.25, 0.3) is 21.8 Å². The topological polar surface area (TPSA) is 104 Å². The number of rotatable bonds is 5. The molecule has 0 radical (unpaired) electrons. The first-order valence-corrected chi connectivity index (χ1v) is 10.4. The molecule has 33 heavy (non-hydrogen) atoms. The van der Waals surface area contributed by atoms with Gasteiger partial charge in [-0.2, -0.15) is 0 Å². The molecule has 172 valence electrons. The Morgan fingerprint density at radius 2 is 1.33 bits per heavy atom. The number of aromatic nitrogens is 2. The fourth-order valence-corrected chi connectivity index (χ4v) is 3.33. The Kier molecular flexibility index (Phi) is 11.0. The maximum atomic E-state index is 11.8. The Labute approximate surface area is 211 Å². The maximum absolute atomic E-state index is 11.8. The number of amides is 1. The van der Waals surface area contributed by atoms with Gasteiger partial charge in [-0.05, 0) is 36.5 Å². The van der Waals surface area contributed by atoms with Crippen molar-refractivity contribution in [2.45, 2.75) is 0 Å². The summed E-state index contributed by atoms with van der Waals surface area (Å²) in [4.78, 5) is 21.9. The molecule has 1 amide bonds. The van der Waals surface area contributed by atoms with Crippen molar-refractivity contribution in [2.24, 2.45) is 0 Å². The number of carbonyl (C=O) groups excluding carboxylic acids is 1. The zero-order chi connectivity index (χ0) is 22.8. The minimum atomic E-state index is -0.374. The third-order valence-electron chi connectivity index (χ3n) is 4.61. The van der Waals surface area contributed by atoms with Gasteiger partial charge in [-0.25, -0.2) is 0 Å². The van der Waals surface area contributed by atoms with Crippen LogP contribution in [0.4, 0.5) is 0 Å². The number of hydrogen-bond acceptors (Lipinski definition) is 6. The van der Waals surface area contributed by atoms with E-state index in [4.69, 9.17) is 12.2 Å². The van der Waals surface area contributed by atoms with Gasteiger partial charge in [0.25, 0.3) is 5.91 Å². The summed E-state index contributed by atoms with van der Waals surface area (Å²) in [6.45, 7) is -0.505. The number of pyridine rings is 2. The number of benzene rings is 2. The van der Waals surface area contributed by atoms with Crippen LogP contribution in [-0.4, -0.2) is 52.2 Å². The average Bonchev–Trinajstić information content (AvgIpc) is 2.84. The summed E-state index contributed by atoms with van der Waals surface area (Å²) in [7, 11) is 0. The van der Waals surface area contributed by atoms with Gasteiger partial charge in [-0.15, -0.1) is 13.2 Å². The Morgan fingerprint density at radius 3 is 1.82 bits per heavy atom. The molecule has 4 aromatic rings. The molecule has 0 unspecified atom stereocenters. The van der Waals surface area contributed by atoms with Gasteiger partial charge in [0, 0.05) is 41.8 Å². The van der Waals surface area contributed by atoms with Gasteiger partial charge in [-0.3, -0.25) is 20.1 Å². The fourth-order valence-electron chi connectivity index (χ4n) is 3.05. The summed E-state index contributed by atoms with van der Waals surface area (Å²) >= 11 is 5.00. The van der Waals surface area contributed by atoms with E-state index in [1.54, 1.807) is 42.7 Å². The first-order chi connectivity index (χ1) is 15.6. The van der Waals surface area contributed by atoms with Crippen LogP contribution in [0.15, 0.2) is 79.1 Å². The molecule has 0 aliphatic rings. The van der Waals surface area contributed by atoms with E-state index in [0.29, 0.717) is 5.56 Å². The quantitative estimate of drug-likeness (QED) is 0.260. The molecule has 4 rings (SSSR count). The molecule has 7 nitrogen and oxygen atoms in total. The van der Waals surface area contributed by atoms with Crippen LogP contribution >= 0.6 is 12.2 Å². The van der Waals surface area contributed by atoms with Crippen molar-refractivity contribution in [1.82, 2.24) is 20.2 Å². The SMILES string of the molecule is O=C(NC(=S)N(CC[O-])CC[O-])c1ccccc1.[Pt+2].c1cnc2c(c1)ccc1cccnc12. The number of nitrogens with zero attached hydrogens (tertiary/aromatic N) is 3. The summed E-state index contributed by atoms with van der Waals surface area (Å²) in [5.41, 5.74) is 2.43. The molecule has 0 aliphatic heterocycles. The summed E-state index contributed by atoms with van der Waals surface area (Å²) in [5, 5.41) is 26.0. The number of thiocarbonyl (C=S) groups is 1. The molecular weight excluding hydrogens is 619 g/mol. The second-order valence-electron chi connectivity index (χ2n) is 6.74. The second-order valence-corrected chi connectivity index (χ2v) is 7.12. The Bertz CT molecular complexity index is 1130. The monoisotopic (exact) mass is 641 g/mol. The van der Waals surface area contributed by atoms with Crippen molar-refractivity contribution in [1.29, 1.82) is 0 Å². The molecule has 0 atom stereocenters. The van der Waals surface area contributed by atoms with Crippen LogP contribution in [0.2, 0.25) is 0 Å². The van der Waals surface area contributed by atoms with Gasteiger partial charge in [0.1, 0.15) is 0 Å². The first kappa shape index (κ1) is 26.5. The van der Waals surface area contributed by atoms with E-state index >= 15 is 0 Å². The van der Waals surface area contributed by atoms with Crippen molar-refractivity contribution in [2.75, 3.05) is 26.3 Å².